The molecule has 0 bridgehead atoms. The van der Waals surface area contributed by atoms with Gasteiger partial charge in [0.05, 0.1) is 19.6 Å². The van der Waals surface area contributed by atoms with Gasteiger partial charge in [-0.3, -0.25) is 10.1 Å². The molecule has 0 spiro atoms. The average Bonchev–Trinajstić information content (AvgIpc) is 3.17. The van der Waals surface area contributed by atoms with E-state index in [-0.39, 0.29) is 11.9 Å². The molecule has 0 radical (unpaired) electrons. The smallest absolute Gasteiger partial charge is 0.322 e. The van der Waals surface area contributed by atoms with Crippen LogP contribution in [0.5, 0.6) is 11.5 Å². The quantitative estimate of drug-likeness (QED) is 0.582. The molecule has 3 rings (SSSR count). The van der Waals surface area contributed by atoms with Crippen molar-refractivity contribution in [2.45, 2.75) is 33.6 Å². The number of rotatable bonds is 9. The van der Waals surface area contributed by atoms with Crippen molar-refractivity contribution in [3.8, 4) is 11.5 Å². The van der Waals surface area contributed by atoms with Crippen LogP contribution in [0.15, 0.2) is 46.9 Å². The molecule has 0 fully saturated rings. The summed E-state index contributed by atoms with van der Waals surface area (Å²) in [4.78, 5) is 12.5. The SMILES string of the molecule is CCOc1ccc(C(=O)Nc2nnc(Cc3ccc(CC)cc3)o2)cc1OCC. The second kappa shape index (κ2) is 9.73. The molecular weight excluding hydrogens is 370 g/mol. The third-order valence-electron chi connectivity index (χ3n) is 4.28. The lowest BCUT2D eigenvalue weighted by molar-refractivity contribution is 0.102. The largest absolute Gasteiger partial charge is 0.490 e. The maximum Gasteiger partial charge on any atom is 0.322 e. The lowest BCUT2D eigenvalue weighted by atomic mass is 10.1. The summed E-state index contributed by atoms with van der Waals surface area (Å²) in [5, 5.41) is 10.6. The first-order valence-electron chi connectivity index (χ1n) is 9.74. The Labute approximate surface area is 170 Å². The molecule has 152 valence electrons. The molecule has 0 aliphatic heterocycles. The molecular formula is C22H25N3O4. The van der Waals surface area contributed by atoms with Gasteiger partial charge in [-0.15, -0.1) is 5.10 Å². The Kier molecular flexibility index (Phi) is 6.84. The fourth-order valence-electron chi connectivity index (χ4n) is 2.80. The Hall–Kier alpha value is -3.35. The second-order valence-corrected chi connectivity index (χ2v) is 6.33. The zero-order chi connectivity index (χ0) is 20.6. The molecule has 1 amide bonds. The van der Waals surface area contributed by atoms with Crippen molar-refractivity contribution < 1.29 is 18.7 Å². The van der Waals surface area contributed by atoms with Crippen LogP contribution in [0.1, 0.15) is 48.1 Å². The van der Waals surface area contributed by atoms with Crippen LogP contribution in [0.4, 0.5) is 6.01 Å². The van der Waals surface area contributed by atoms with Crippen LogP contribution >= 0.6 is 0 Å². The number of carbonyl (C=O) groups is 1. The monoisotopic (exact) mass is 395 g/mol. The summed E-state index contributed by atoms with van der Waals surface area (Å²) in [5.74, 6) is 1.19. The van der Waals surface area contributed by atoms with E-state index >= 15 is 0 Å². The number of nitrogens with zero attached hydrogens (tertiary/aromatic N) is 2. The average molecular weight is 395 g/mol. The molecule has 0 saturated heterocycles. The summed E-state index contributed by atoms with van der Waals surface area (Å²) in [6.07, 6.45) is 1.50. The first-order valence-corrected chi connectivity index (χ1v) is 9.74. The number of anilines is 1. The van der Waals surface area contributed by atoms with E-state index in [2.05, 4.69) is 34.6 Å². The highest BCUT2D eigenvalue weighted by Gasteiger charge is 2.15. The van der Waals surface area contributed by atoms with Gasteiger partial charge in [0.25, 0.3) is 5.91 Å². The van der Waals surface area contributed by atoms with E-state index in [1.807, 2.05) is 26.0 Å². The minimum Gasteiger partial charge on any atom is -0.490 e. The number of hydrogen-bond donors (Lipinski definition) is 1. The Morgan fingerprint density at radius 2 is 1.62 bits per heavy atom. The second-order valence-electron chi connectivity index (χ2n) is 6.33. The summed E-state index contributed by atoms with van der Waals surface area (Å²) in [5.41, 5.74) is 2.75. The van der Waals surface area contributed by atoms with Crippen molar-refractivity contribution in [2.24, 2.45) is 0 Å². The van der Waals surface area contributed by atoms with Crippen LogP contribution < -0.4 is 14.8 Å². The molecule has 2 aromatic carbocycles. The lowest BCUT2D eigenvalue weighted by Gasteiger charge is -2.11. The van der Waals surface area contributed by atoms with Gasteiger partial charge < -0.3 is 13.9 Å². The molecule has 0 aliphatic rings. The minimum absolute atomic E-state index is 0.0574. The van der Waals surface area contributed by atoms with Crippen molar-refractivity contribution in [3.05, 3.63) is 65.0 Å². The van der Waals surface area contributed by atoms with Crippen LogP contribution in [-0.2, 0) is 12.8 Å². The number of nitrogens with one attached hydrogen (secondary N) is 1. The van der Waals surface area contributed by atoms with Crippen molar-refractivity contribution in [1.29, 1.82) is 0 Å². The molecule has 7 heteroatoms. The Morgan fingerprint density at radius 3 is 2.31 bits per heavy atom. The normalized spacial score (nSPS) is 10.6. The van der Waals surface area contributed by atoms with Gasteiger partial charge >= 0.3 is 6.01 Å². The van der Waals surface area contributed by atoms with Crippen molar-refractivity contribution in [1.82, 2.24) is 10.2 Å². The van der Waals surface area contributed by atoms with E-state index in [1.165, 1.54) is 5.56 Å². The molecule has 0 unspecified atom stereocenters. The number of amides is 1. The Bertz CT molecular complexity index is 951. The third-order valence-corrected chi connectivity index (χ3v) is 4.28. The van der Waals surface area contributed by atoms with Crippen molar-refractivity contribution >= 4 is 11.9 Å². The molecule has 1 heterocycles. The highest BCUT2D eigenvalue weighted by molar-refractivity contribution is 6.03. The van der Waals surface area contributed by atoms with Gasteiger partial charge in [-0.2, -0.15) is 0 Å². The summed E-state index contributed by atoms with van der Waals surface area (Å²) in [6.45, 7) is 6.86. The van der Waals surface area contributed by atoms with Crippen LogP contribution in [0.3, 0.4) is 0 Å². The maximum atomic E-state index is 12.5. The first kappa shape index (κ1) is 20.4. The molecule has 7 nitrogen and oxygen atoms in total. The van der Waals surface area contributed by atoms with Gasteiger partial charge in [0.2, 0.25) is 5.89 Å². The van der Waals surface area contributed by atoms with E-state index in [4.69, 9.17) is 13.9 Å². The van der Waals surface area contributed by atoms with Gasteiger partial charge in [-0.05, 0) is 49.6 Å². The van der Waals surface area contributed by atoms with E-state index < -0.39 is 0 Å². The fourth-order valence-corrected chi connectivity index (χ4v) is 2.80. The molecule has 0 atom stereocenters. The summed E-state index contributed by atoms with van der Waals surface area (Å²) in [7, 11) is 0. The molecule has 0 aliphatic carbocycles. The zero-order valence-electron chi connectivity index (χ0n) is 16.9. The zero-order valence-corrected chi connectivity index (χ0v) is 16.9. The first-order chi connectivity index (χ1) is 14.1. The van der Waals surface area contributed by atoms with Crippen LogP contribution in [0.25, 0.3) is 0 Å². The van der Waals surface area contributed by atoms with Crippen LogP contribution in [-0.4, -0.2) is 29.3 Å². The van der Waals surface area contributed by atoms with Gasteiger partial charge in [-0.25, -0.2) is 0 Å². The molecule has 3 aromatic rings. The van der Waals surface area contributed by atoms with E-state index in [0.717, 1.165) is 12.0 Å². The van der Waals surface area contributed by atoms with Crippen molar-refractivity contribution in [2.75, 3.05) is 18.5 Å². The van der Waals surface area contributed by atoms with Crippen LogP contribution in [0.2, 0.25) is 0 Å². The number of ether oxygens (including phenoxy) is 2. The summed E-state index contributed by atoms with van der Waals surface area (Å²) in [6, 6.07) is 13.3. The summed E-state index contributed by atoms with van der Waals surface area (Å²) < 4.78 is 16.6. The Balaban J connectivity index is 1.67. The van der Waals surface area contributed by atoms with Gasteiger partial charge in [0, 0.05) is 5.56 Å². The number of aryl methyl sites for hydroxylation is 1. The van der Waals surface area contributed by atoms with E-state index in [0.29, 0.717) is 42.6 Å². The molecule has 1 aromatic heterocycles. The highest BCUT2D eigenvalue weighted by Crippen LogP contribution is 2.28. The standard InChI is InChI=1S/C22H25N3O4/c1-4-15-7-9-16(10-8-15)13-20-24-25-22(29-20)23-21(26)17-11-12-18(27-5-2)19(14-17)28-6-3/h7-12,14H,4-6,13H2,1-3H3,(H,23,25,26). The van der Waals surface area contributed by atoms with E-state index in [1.54, 1.807) is 18.2 Å². The fraction of sp³-hybridized carbons (Fsp3) is 0.318. The van der Waals surface area contributed by atoms with Gasteiger partial charge in [0.1, 0.15) is 0 Å². The predicted octanol–water partition coefficient (Wildman–Crippen LogP) is 4.27. The third kappa shape index (κ3) is 5.34. The van der Waals surface area contributed by atoms with Crippen LogP contribution in [0, 0.1) is 0 Å². The molecule has 29 heavy (non-hydrogen) atoms. The number of benzene rings is 2. The van der Waals surface area contributed by atoms with Gasteiger partial charge in [-0.1, -0.05) is 36.3 Å². The van der Waals surface area contributed by atoms with E-state index in [9.17, 15) is 4.79 Å². The summed E-state index contributed by atoms with van der Waals surface area (Å²) >= 11 is 0. The number of carbonyl (C=O) groups excluding carboxylic acids is 1. The molecule has 1 N–H and O–H groups in total. The maximum absolute atomic E-state index is 12.5. The molecule has 0 saturated carbocycles. The Morgan fingerprint density at radius 1 is 0.931 bits per heavy atom. The van der Waals surface area contributed by atoms with Crippen molar-refractivity contribution in [3.63, 3.8) is 0 Å². The number of hydrogen-bond acceptors (Lipinski definition) is 6. The number of aromatic nitrogens is 2. The predicted molar refractivity (Wildman–Crippen MR) is 110 cm³/mol. The lowest BCUT2D eigenvalue weighted by Crippen LogP contribution is -2.12. The topological polar surface area (TPSA) is 86.5 Å². The van der Waals surface area contributed by atoms with Gasteiger partial charge in [0.15, 0.2) is 11.5 Å². The minimum atomic E-state index is -0.364. The highest BCUT2D eigenvalue weighted by atomic mass is 16.5.